The van der Waals surface area contributed by atoms with Crippen LogP contribution < -0.4 is 0 Å². The smallest absolute Gasteiger partial charge is 0.462 e. The number of carbonyl (C=O) groups excluding carboxylic acids is 2. The van der Waals surface area contributed by atoms with Crippen LogP contribution in [-0.2, 0) is 42.5 Å². The van der Waals surface area contributed by atoms with Crippen LogP contribution in [0.15, 0.2) is 24.3 Å². The van der Waals surface area contributed by atoms with Crippen LogP contribution in [0.1, 0.15) is 162 Å². The number of esters is 2. The highest BCUT2D eigenvalue weighted by Gasteiger charge is 2.49. The molecule has 1 saturated carbocycles. The van der Waals surface area contributed by atoms with E-state index in [-0.39, 0.29) is 43.5 Å². The van der Waals surface area contributed by atoms with E-state index in [0.717, 1.165) is 57.8 Å². The quantitative estimate of drug-likeness (QED) is 0.0155. The molecule has 326 valence electrons. The van der Waals surface area contributed by atoms with Crippen molar-refractivity contribution < 1.29 is 62.7 Å². The SMILES string of the molecule is CCCCCCCCCCCCCCCC(=O)OCC(COP(=O)(O)OCC(O)CO)OC(=O)CCC/C=C\CC1C2CC(OO2)C1/C=C/C(O)CCCCC. The second kappa shape index (κ2) is 31.3. The fourth-order valence-corrected chi connectivity index (χ4v) is 7.85. The molecule has 0 spiro atoms. The van der Waals surface area contributed by atoms with Crippen molar-refractivity contribution in [2.24, 2.45) is 11.8 Å². The molecule has 2 aliphatic rings. The Hall–Kier alpha value is -1.67. The highest BCUT2D eigenvalue weighted by atomic mass is 31.2. The van der Waals surface area contributed by atoms with Gasteiger partial charge in [0, 0.05) is 31.1 Å². The maximum absolute atomic E-state index is 12.7. The third-order valence-electron chi connectivity index (χ3n) is 10.4. The molecule has 8 unspecified atom stereocenters. The maximum atomic E-state index is 12.7. The van der Waals surface area contributed by atoms with Crippen molar-refractivity contribution >= 4 is 19.8 Å². The molecule has 56 heavy (non-hydrogen) atoms. The van der Waals surface area contributed by atoms with Crippen LogP contribution in [0, 0.1) is 11.8 Å². The van der Waals surface area contributed by atoms with E-state index in [4.69, 9.17) is 33.4 Å². The summed E-state index contributed by atoms with van der Waals surface area (Å²) in [6, 6.07) is 0. The number of rotatable bonds is 36. The van der Waals surface area contributed by atoms with E-state index in [1.165, 1.54) is 57.8 Å². The number of aliphatic hydroxyl groups excluding tert-OH is 3. The Balaban J connectivity index is 1.72. The Morgan fingerprint density at radius 1 is 0.750 bits per heavy atom. The largest absolute Gasteiger partial charge is 0.472 e. The molecule has 0 amide bonds. The lowest BCUT2D eigenvalue weighted by Gasteiger charge is -2.27. The van der Waals surface area contributed by atoms with E-state index < -0.39 is 57.9 Å². The molecule has 8 atom stereocenters. The number of unbranched alkanes of at least 4 members (excludes halogenated alkanes) is 15. The molecule has 0 aromatic heterocycles. The summed E-state index contributed by atoms with van der Waals surface area (Å²) in [6.07, 6.45) is 27.5. The third kappa shape index (κ3) is 23.7. The summed E-state index contributed by atoms with van der Waals surface area (Å²) in [5.74, 6) is -0.635. The number of aliphatic hydroxyl groups is 3. The van der Waals surface area contributed by atoms with E-state index in [1.807, 2.05) is 12.2 Å². The molecule has 13 nitrogen and oxygen atoms in total. The predicted octanol–water partition coefficient (Wildman–Crippen LogP) is 8.36. The van der Waals surface area contributed by atoms with Gasteiger partial charge in [-0.2, -0.15) is 0 Å². The van der Waals surface area contributed by atoms with Gasteiger partial charge in [0.25, 0.3) is 0 Å². The number of hydrogen-bond acceptors (Lipinski definition) is 12. The summed E-state index contributed by atoms with van der Waals surface area (Å²) < 4.78 is 32.8. The number of phosphoric acid groups is 1. The first-order chi connectivity index (χ1) is 27.1. The van der Waals surface area contributed by atoms with Gasteiger partial charge >= 0.3 is 19.8 Å². The monoisotopic (exact) mass is 818 g/mol. The maximum Gasteiger partial charge on any atom is 0.472 e. The zero-order valence-electron chi connectivity index (χ0n) is 34.4. The molecule has 1 saturated heterocycles. The van der Waals surface area contributed by atoms with Gasteiger partial charge in [0.2, 0.25) is 0 Å². The van der Waals surface area contributed by atoms with Crippen LogP contribution in [0.2, 0.25) is 0 Å². The van der Waals surface area contributed by atoms with Crippen LogP contribution in [0.3, 0.4) is 0 Å². The number of hydrogen-bond donors (Lipinski definition) is 4. The Kier molecular flexibility index (Phi) is 28.2. The molecule has 4 N–H and O–H groups in total. The van der Waals surface area contributed by atoms with Crippen molar-refractivity contribution in [2.75, 3.05) is 26.4 Å². The van der Waals surface area contributed by atoms with Gasteiger partial charge in [-0.15, -0.1) is 0 Å². The average Bonchev–Trinajstić information content (AvgIpc) is 3.79. The van der Waals surface area contributed by atoms with Crippen LogP contribution >= 0.6 is 7.82 Å². The molecule has 2 bridgehead atoms. The summed E-state index contributed by atoms with van der Waals surface area (Å²) in [4.78, 5) is 46.2. The van der Waals surface area contributed by atoms with Gasteiger partial charge in [0.15, 0.2) is 6.10 Å². The lowest BCUT2D eigenvalue weighted by Crippen LogP contribution is -2.29. The summed E-state index contributed by atoms with van der Waals surface area (Å²) in [7, 11) is -4.66. The molecular weight excluding hydrogens is 743 g/mol. The van der Waals surface area contributed by atoms with Gasteiger partial charge in [-0.3, -0.25) is 18.6 Å². The molecule has 2 fully saturated rings. The molecule has 2 rings (SSSR count). The minimum absolute atomic E-state index is 0.00788. The molecule has 14 heteroatoms. The molecule has 1 aliphatic heterocycles. The molecular formula is C42H75O13P. The Morgan fingerprint density at radius 2 is 1.34 bits per heavy atom. The van der Waals surface area contributed by atoms with Gasteiger partial charge in [0.1, 0.15) is 18.8 Å². The lowest BCUT2D eigenvalue weighted by molar-refractivity contribution is -0.336. The number of phosphoric ester groups is 1. The first kappa shape index (κ1) is 50.5. The summed E-state index contributed by atoms with van der Waals surface area (Å²) in [5.41, 5.74) is 0. The average molecular weight is 819 g/mol. The van der Waals surface area contributed by atoms with Gasteiger partial charge in [-0.05, 0) is 32.1 Å². The highest BCUT2D eigenvalue weighted by molar-refractivity contribution is 7.47. The van der Waals surface area contributed by atoms with Crippen molar-refractivity contribution in [3.8, 4) is 0 Å². The topological polar surface area (TPSA) is 188 Å². The van der Waals surface area contributed by atoms with Gasteiger partial charge in [-0.25, -0.2) is 14.3 Å². The van der Waals surface area contributed by atoms with Crippen molar-refractivity contribution in [2.45, 2.75) is 192 Å². The van der Waals surface area contributed by atoms with Crippen molar-refractivity contribution in [3.05, 3.63) is 24.3 Å². The van der Waals surface area contributed by atoms with Crippen LogP contribution in [0.25, 0.3) is 0 Å². The van der Waals surface area contributed by atoms with Crippen LogP contribution in [0.5, 0.6) is 0 Å². The van der Waals surface area contributed by atoms with E-state index in [2.05, 4.69) is 26.0 Å². The van der Waals surface area contributed by atoms with E-state index in [0.29, 0.717) is 19.3 Å². The van der Waals surface area contributed by atoms with Crippen LogP contribution in [0.4, 0.5) is 0 Å². The first-order valence-electron chi connectivity index (χ1n) is 21.7. The molecule has 1 aliphatic carbocycles. The number of allylic oxidation sites excluding steroid dienone is 2. The third-order valence-corrected chi connectivity index (χ3v) is 11.4. The fourth-order valence-electron chi connectivity index (χ4n) is 7.06. The highest BCUT2D eigenvalue weighted by Crippen LogP contribution is 2.45. The van der Waals surface area contributed by atoms with Crippen molar-refractivity contribution in [1.29, 1.82) is 0 Å². The van der Waals surface area contributed by atoms with Crippen LogP contribution in [-0.4, -0.2) is 89.1 Å². The minimum Gasteiger partial charge on any atom is -0.462 e. The lowest BCUT2D eigenvalue weighted by atomic mass is 9.89. The Bertz CT molecular complexity index is 1130. The molecule has 0 aromatic rings. The first-order valence-corrected chi connectivity index (χ1v) is 23.2. The van der Waals surface area contributed by atoms with E-state index in [9.17, 15) is 29.3 Å². The second-order valence-corrected chi connectivity index (χ2v) is 16.9. The van der Waals surface area contributed by atoms with Gasteiger partial charge in [0.05, 0.1) is 32.0 Å². The molecule has 0 aromatic carbocycles. The fraction of sp³-hybridized carbons (Fsp3) is 0.857. The number of ether oxygens (including phenoxy) is 2. The Labute approximate surface area is 336 Å². The van der Waals surface area contributed by atoms with Gasteiger partial charge < -0.3 is 29.7 Å². The second-order valence-electron chi connectivity index (χ2n) is 15.5. The standard InChI is InChI=1S/C42H75O13P/c1-3-5-7-8-9-10-11-12-13-14-15-16-21-25-41(46)50-32-36(33-52-56(48,49)51-31-35(45)30-43)53-42(47)26-22-18-17-20-24-37-38(40-29-39(37)54-55-40)28-27-34(44)23-19-6-4-2/h17,20,27-28,34-40,43-45H,3-16,18-19,21-26,29-33H2,1-2H3,(H,48,49)/b20-17-,28-27+. The normalized spacial score (nSPS) is 22.1. The molecule has 1 heterocycles. The molecule has 0 radical (unpaired) electrons. The zero-order chi connectivity index (χ0) is 40.9. The number of carbonyl (C=O) groups is 2. The zero-order valence-corrected chi connectivity index (χ0v) is 35.2. The van der Waals surface area contributed by atoms with Gasteiger partial charge in [-0.1, -0.05) is 134 Å². The summed E-state index contributed by atoms with van der Waals surface area (Å²) >= 11 is 0. The Morgan fingerprint density at radius 3 is 2.00 bits per heavy atom. The summed E-state index contributed by atoms with van der Waals surface area (Å²) in [5, 5.41) is 28.7. The van der Waals surface area contributed by atoms with Crippen molar-refractivity contribution in [3.63, 3.8) is 0 Å². The minimum atomic E-state index is -4.66. The van der Waals surface area contributed by atoms with E-state index in [1.54, 1.807) is 0 Å². The van der Waals surface area contributed by atoms with Crippen molar-refractivity contribution in [1.82, 2.24) is 0 Å². The number of fused-ring (bicyclic) bond motifs is 2. The van der Waals surface area contributed by atoms with E-state index >= 15 is 0 Å². The predicted molar refractivity (Wildman–Crippen MR) is 214 cm³/mol. The summed E-state index contributed by atoms with van der Waals surface area (Å²) in [6.45, 7) is 2.12.